The van der Waals surface area contributed by atoms with Crippen LogP contribution in [0.4, 0.5) is 0 Å². The highest BCUT2D eigenvalue weighted by Gasteiger charge is 2.59. The molecule has 4 aliphatic carbocycles. The number of rotatable bonds is 3. The van der Waals surface area contributed by atoms with Gasteiger partial charge in [-0.05, 0) is 60.7 Å². The first-order chi connectivity index (χ1) is 7.82. The topological polar surface area (TPSA) is 12.0 Å². The van der Waals surface area contributed by atoms with Gasteiger partial charge in [0.25, 0.3) is 0 Å². The molecule has 2 unspecified atom stereocenters. The van der Waals surface area contributed by atoms with Crippen LogP contribution in [0.1, 0.15) is 66.2 Å². The van der Waals surface area contributed by atoms with Crippen molar-refractivity contribution in [2.45, 2.75) is 72.3 Å². The summed E-state index contributed by atoms with van der Waals surface area (Å²) in [4.78, 5) is 0. The highest BCUT2D eigenvalue weighted by molar-refractivity contribution is 5.10. The van der Waals surface area contributed by atoms with E-state index in [1.807, 2.05) is 0 Å². The first kappa shape index (κ1) is 12.0. The third-order valence-electron chi connectivity index (χ3n) is 5.63. The van der Waals surface area contributed by atoms with Crippen LogP contribution in [0.5, 0.6) is 0 Å². The maximum Gasteiger partial charge on any atom is 0.00107 e. The molecule has 98 valence electrons. The Kier molecular flexibility index (Phi) is 2.47. The quantitative estimate of drug-likeness (QED) is 0.780. The number of nitrogens with one attached hydrogen (secondary N) is 1. The highest BCUT2D eigenvalue weighted by Crippen LogP contribution is 2.69. The summed E-state index contributed by atoms with van der Waals surface area (Å²) < 4.78 is 0. The van der Waals surface area contributed by atoms with Gasteiger partial charge in [0.15, 0.2) is 0 Å². The molecule has 4 bridgehead atoms. The Labute approximate surface area is 107 Å². The van der Waals surface area contributed by atoms with Gasteiger partial charge >= 0.3 is 0 Å². The van der Waals surface area contributed by atoms with Gasteiger partial charge in [-0.2, -0.15) is 0 Å². The van der Waals surface area contributed by atoms with Crippen LogP contribution < -0.4 is 5.32 Å². The molecule has 0 aromatic rings. The van der Waals surface area contributed by atoms with Gasteiger partial charge in [0, 0.05) is 12.6 Å². The van der Waals surface area contributed by atoms with E-state index >= 15 is 0 Å². The van der Waals surface area contributed by atoms with Crippen LogP contribution in [-0.4, -0.2) is 12.6 Å². The van der Waals surface area contributed by atoms with Crippen molar-refractivity contribution in [2.24, 2.45) is 22.2 Å². The maximum atomic E-state index is 3.74. The molecule has 1 heteroatoms. The molecule has 0 spiro atoms. The summed E-state index contributed by atoms with van der Waals surface area (Å²) in [5, 5.41) is 3.74. The fourth-order valence-electron chi connectivity index (χ4n) is 6.30. The molecule has 1 N–H and O–H groups in total. The molecule has 0 heterocycles. The SMILES string of the molecule is CC(C)NCC12CC3CC(C)(CC(C)(C3)C1)C2. The van der Waals surface area contributed by atoms with Crippen molar-refractivity contribution in [1.29, 1.82) is 0 Å². The monoisotopic (exact) mass is 235 g/mol. The van der Waals surface area contributed by atoms with Crippen LogP contribution in [-0.2, 0) is 0 Å². The van der Waals surface area contributed by atoms with Crippen molar-refractivity contribution in [3.63, 3.8) is 0 Å². The first-order valence-electron chi connectivity index (χ1n) is 7.56. The van der Waals surface area contributed by atoms with Crippen molar-refractivity contribution in [3.05, 3.63) is 0 Å². The summed E-state index contributed by atoms with van der Waals surface area (Å²) in [5.41, 5.74) is 1.99. The van der Waals surface area contributed by atoms with Crippen LogP contribution in [0.25, 0.3) is 0 Å². The standard InChI is InChI=1S/C16H29N/c1-12(2)17-11-16-7-13-5-14(3,9-16)8-15(4,6-13)10-16/h12-13,17H,5-11H2,1-4H3. The zero-order valence-electron chi connectivity index (χ0n) is 12.1. The van der Waals surface area contributed by atoms with Gasteiger partial charge in [-0.15, -0.1) is 0 Å². The summed E-state index contributed by atoms with van der Waals surface area (Å²) in [7, 11) is 0. The average molecular weight is 235 g/mol. The number of hydrogen-bond donors (Lipinski definition) is 1. The first-order valence-corrected chi connectivity index (χ1v) is 7.56. The van der Waals surface area contributed by atoms with Gasteiger partial charge in [-0.3, -0.25) is 0 Å². The second-order valence-electron chi connectivity index (χ2n) is 8.67. The fraction of sp³-hybridized carbons (Fsp3) is 1.00. The Hall–Kier alpha value is -0.0400. The van der Waals surface area contributed by atoms with Crippen molar-refractivity contribution in [3.8, 4) is 0 Å². The molecule has 0 aliphatic heterocycles. The largest absolute Gasteiger partial charge is 0.314 e. The number of hydrogen-bond acceptors (Lipinski definition) is 1. The molecule has 0 aromatic heterocycles. The van der Waals surface area contributed by atoms with E-state index in [2.05, 4.69) is 33.0 Å². The molecule has 4 rings (SSSR count). The second-order valence-corrected chi connectivity index (χ2v) is 8.67. The third-order valence-corrected chi connectivity index (χ3v) is 5.63. The van der Waals surface area contributed by atoms with Gasteiger partial charge in [0.1, 0.15) is 0 Å². The lowest BCUT2D eigenvalue weighted by atomic mass is 9.40. The molecule has 4 fully saturated rings. The lowest BCUT2D eigenvalue weighted by Crippen LogP contribution is -2.58. The normalized spacial score (nSPS) is 52.4. The molecule has 0 radical (unpaired) electrons. The van der Waals surface area contributed by atoms with E-state index in [-0.39, 0.29) is 0 Å². The average Bonchev–Trinajstić information content (AvgIpc) is 2.08. The summed E-state index contributed by atoms with van der Waals surface area (Å²) >= 11 is 0. The summed E-state index contributed by atoms with van der Waals surface area (Å²) in [6.45, 7) is 11.0. The molecule has 0 aromatic carbocycles. The van der Waals surface area contributed by atoms with Gasteiger partial charge < -0.3 is 5.32 Å². The van der Waals surface area contributed by atoms with Crippen molar-refractivity contribution < 1.29 is 0 Å². The molecular formula is C16H29N. The van der Waals surface area contributed by atoms with Crippen LogP contribution in [0.15, 0.2) is 0 Å². The summed E-state index contributed by atoms with van der Waals surface area (Å²) in [6, 6.07) is 0.642. The van der Waals surface area contributed by atoms with Gasteiger partial charge in [-0.25, -0.2) is 0 Å². The lowest BCUT2D eigenvalue weighted by molar-refractivity contribution is -0.143. The minimum absolute atomic E-state index is 0.642. The third kappa shape index (κ3) is 2.05. The Balaban J connectivity index is 1.82. The Morgan fingerprint density at radius 3 is 2.06 bits per heavy atom. The predicted molar refractivity (Wildman–Crippen MR) is 73.0 cm³/mol. The summed E-state index contributed by atoms with van der Waals surface area (Å²) in [6.07, 6.45) is 9.04. The highest BCUT2D eigenvalue weighted by atomic mass is 14.9. The minimum Gasteiger partial charge on any atom is -0.314 e. The molecule has 1 nitrogen and oxygen atoms in total. The van der Waals surface area contributed by atoms with Crippen molar-refractivity contribution in [1.82, 2.24) is 5.32 Å². The Morgan fingerprint density at radius 2 is 1.59 bits per heavy atom. The predicted octanol–water partition coefficient (Wildman–Crippen LogP) is 3.98. The zero-order valence-corrected chi connectivity index (χ0v) is 12.1. The minimum atomic E-state index is 0.642. The van der Waals surface area contributed by atoms with Crippen molar-refractivity contribution in [2.75, 3.05) is 6.54 Å². The molecule has 4 aliphatic rings. The second kappa shape index (κ2) is 3.50. The Morgan fingerprint density at radius 1 is 1.00 bits per heavy atom. The Bertz CT molecular complexity index is 301. The van der Waals surface area contributed by atoms with E-state index in [9.17, 15) is 0 Å². The molecule has 0 amide bonds. The molecule has 17 heavy (non-hydrogen) atoms. The van der Waals surface area contributed by atoms with Gasteiger partial charge in [0.2, 0.25) is 0 Å². The molecule has 0 saturated heterocycles. The van der Waals surface area contributed by atoms with Crippen LogP contribution in [0, 0.1) is 22.2 Å². The smallest absolute Gasteiger partial charge is 0.00107 e. The van der Waals surface area contributed by atoms with E-state index in [0.29, 0.717) is 22.3 Å². The van der Waals surface area contributed by atoms with E-state index < -0.39 is 0 Å². The van der Waals surface area contributed by atoms with Gasteiger partial charge in [-0.1, -0.05) is 27.7 Å². The van der Waals surface area contributed by atoms with Gasteiger partial charge in [0.05, 0.1) is 0 Å². The van der Waals surface area contributed by atoms with Crippen LogP contribution in [0.2, 0.25) is 0 Å². The lowest BCUT2D eigenvalue weighted by Gasteiger charge is -2.65. The molecule has 4 saturated carbocycles. The van der Waals surface area contributed by atoms with Crippen LogP contribution >= 0.6 is 0 Å². The molecular weight excluding hydrogens is 206 g/mol. The van der Waals surface area contributed by atoms with E-state index in [1.54, 1.807) is 0 Å². The zero-order chi connectivity index (χ0) is 12.3. The van der Waals surface area contributed by atoms with Crippen LogP contribution in [0.3, 0.4) is 0 Å². The van der Waals surface area contributed by atoms with E-state index in [1.165, 1.54) is 45.1 Å². The van der Waals surface area contributed by atoms with E-state index in [0.717, 1.165) is 5.92 Å². The molecule has 2 atom stereocenters. The maximum absolute atomic E-state index is 3.74. The summed E-state index contributed by atoms with van der Waals surface area (Å²) in [5.74, 6) is 1.04. The van der Waals surface area contributed by atoms with E-state index in [4.69, 9.17) is 0 Å². The fourth-order valence-corrected chi connectivity index (χ4v) is 6.30. The van der Waals surface area contributed by atoms with Crippen molar-refractivity contribution >= 4 is 0 Å².